The number of carboxylic acid groups (broad SMARTS) is 1. The van der Waals surface area contributed by atoms with E-state index in [-0.39, 0.29) is 5.56 Å². The first-order chi connectivity index (χ1) is 9.22. The Morgan fingerprint density at radius 3 is 2.63 bits per heavy atom. The van der Waals surface area contributed by atoms with Gasteiger partial charge in [0.25, 0.3) is 0 Å². The SMILES string of the molecule is CCc1ccccc1CNCc1occc1C(=O)O. The van der Waals surface area contributed by atoms with Gasteiger partial charge in [-0.3, -0.25) is 0 Å². The van der Waals surface area contributed by atoms with Crippen LogP contribution in [0.25, 0.3) is 0 Å². The van der Waals surface area contributed by atoms with Crippen LogP contribution in [0.3, 0.4) is 0 Å². The molecule has 19 heavy (non-hydrogen) atoms. The summed E-state index contributed by atoms with van der Waals surface area (Å²) in [4.78, 5) is 10.9. The van der Waals surface area contributed by atoms with Crippen molar-refractivity contribution in [3.8, 4) is 0 Å². The van der Waals surface area contributed by atoms with Gasteiger partial charge in [-0.25, -0.2) is 4.79 Å². The molecule has 0 amide bonds. The number of aromatic carboxylic acids is 1. The molecule has 2 N–H and O–H groups in total. The minimum atomic E-state index is -0.959. The van der Waals surface area contributed by atoms with Gasteiger partial charge in [0, 0.05) is 6.54 Å². The first-order valence-electron chi connectivity index (χ1n) is 6.29. The van der Waals surface area contributed by atoms with Crippen LogP contribution in [0, 0.1) is 0 Å². The predicted octanol–water partition coefficient (Wildman–Crippen LogP) is 2.83. The van der Waals surface area contributed by atoms with Crippen molar-refractivity contribution in [3.05, 3.63) is 59.0 Å². The molecule has 1 aromatic heterocycles. The quantitative estimate of drug-likeness (QED) is 0.837. The fourth-order valence-corrected chi connectivity index (χ4v) is 2.05. The number of carbonyl (C=O) groups is 1. The van der Waals surface area contributed by atoms with Gasteiger partial charge >= 0.3 is 5.97 Å². The Bertz CT molecular complexity index is 560. The van der Waals surface area contributed by atoms with Crippen LogP contribution in [-0.2, 0) is 19.5 Å². The third-order valence-corrected chi connectivity index (χ3v) is 3.08. The van der Waals surface area contributed by atoms with Gasteiger partial charge in [0.05, 0.1) is 12.8 Å². The van der Waals surface area contributed by atoms with Crippen molar-refractivity contribution in [2.45, 2.75) is 26.4 Å². The molecule has 2 rings (SSSR count). The lowest BCUT2D eigenvalue weighted by Gasteiger charge is -2.08. The lowest BCUT2D eigenvalue weighted by molar-refractivity contribution is 0.0694. The highest BCUT2D eigenvalue weighted by molar-refractivity contribution is 5.88. The number of benzene rings is 1. The Morgan fingerprint density at radius 2 is 1.95 bits per heavy atom. The second-order valence-electron chi connectivity index (χ2n) is 4.29. The first kappa shape index (κ1) is 13.4. The summed E-state index contributed by atoms with van der Waals surface area (Å²) in [6.45, 7) is 3.23. The van der Waals surface area contributed by atoms with Crippen molar-refractivity contribution in [2.24, 2.45) is 0 Å². The van der Waals surface area contributed by atoms with Gasteiger partial charge < -0.3 is 14.8 Å². The molecule has 4 heteroatoms. The van der Waals surface area contributed by atoms with Crippen molar-refractivity contribution >= 4 is 5.97 Å². The average Bonchev–Trinajstić information content (AvgIpc) is 2.88. The van der Waals surface area contributed by atoms with E-state index in [0.717, 1.165) is 6.42 Å². The van der Waals surface area contributed by atoms with Crippen LogP contribution in [-0.4, -0.2) is 11.1 Å². The molecule has 2 aromatic rings. The monoisotopic (exact) mass is 259 g/mol. The highest BCUT2D eigenvalue weighted by Gasteiger charge is 2.12. The van der Waals surface area contributed by atoms with E-state index < -0.39 is 5.97 Å². The number of hydrogen-bond acceptors (Lipinski definition) is 3. The molecule has 0 aliphatic rings. The minimum Gasteiger partial charge on any atom is -0.478 e. The summed E-state index contributed by atoms with van der Waals surface area (Å²) in [6, 6.07) is 9.68. The molecule has 0 atom stereocenters. The molecule has 1 aromatic carbocycles. The van der Waals surface area contributed by atoms with Crippen molar-refractivity contribution in [2.75, 3.05) is 0 Å². The Hall–Kier alpha value is -2.07. The van der Waals surface area contributed by atoms with Gasteiger partial charge in [0.1, 0.15) is 11.3 Å². The van der Waals surface area contributed by atoms with E-state index in [1.165, 1.54) is 23.5 Å². The molecule has 0 bridgehead atoms. The molecule has 4 nitrogen and oxygen atoms in total. The number of carboxylic acids is 1. The van der Waals surface area contributed by atoms with Crippen molar-refractivity contribution < 1.29 is 14.3 Å². The van der Waals surface area contributed by atoms with Crippen LogP contribution < -0.4 is 5.32 Å². The second kappa shape index (κ2) is 6.20. The van der Waals surface area contributed by atoms with E-state index in [1.54, 1.807) is 0 Å². The van der Waals surface area contributed by atoms with Crippen molar-refractivity contribution in [3.63, 3.8) is 0 Å². The zero-order chi connectivity index (χ0) is 13.7. The Balaban J connectivity index is 1.96. The van der Waals surface area contributed by atoms with Crippen LogP contribution >= 0.6 is 0 Å². The molecule has 0 spiro atoms. The summed E-state index contributed by atoms with van der Waals surface area (Å²) >= 11 is 0. The zero-order valence-electron chi connectivity index (χ0n) is 10.8. The van der Waals surface area contributed by atoms with Gasteiger partial charge in [-0.2, -0.15) is 0 Å². The Kier molecular flexibility index (Phi) is 4.36. The average molecular weight is 259 g/mol. The maximum absolute atomic E-state index is 10.9. The molecule has 0 aliphatic carbocycles. The molecule has 0 saturated heterocycles. The smallest absolute Gasteiger partial charge is 0.339 e. The number of rotatable bonds is 6. The fraction of sp³-hybridized carbons (Fsp3) is 0.267. The normalized spacial score (nSPS) is 10.6. The minimum absolute atomic E-state index is 0.219. The van der Waals surface area contributed by atoms with E-state index in [1.807, 2.05) is 12.1 Å². The first-order valence-corrected chi connectivity index (χ1v) is 6.29. The van der Waals surface area contributed by atoms with Gasteiger partial charge in [-0.15, -0.1) is 0 Å². The topological polar surface area (TPSA) is 62.5 Å². The third kappa shape index (κ3) is 3.23. The van der Waals surface area contributed by atoms with Crippen LogP contribution in [0.15, 0.2) is 41.0 Å². The van der Waals surface area contributed by atoms with Gasteiger partial charge in [-0.05, 0) is 23.6 Å². The Morgan fingerprint density at radius 1 is 1.21 bits per heavy atom. The van der Waals surface area contributed by atoms with E-state index >= 15 is 0 Å². The number of nitrogens with one attached hydrogen (secondary N) is 1. The maximum Gasteiger partial charge on any atom is 0.339 e. The van der Waals surface area contributed by atoms with E-state index in [4.69, 9.17) is 9.52 Å². The molecule has 100 valence electrons. The van der Waals surface area contributed by atoms with Crippen molar-refractivity contribution in [1.29, 1.82) is 0 Å². The second-order valence-corrected chi connectivity index (χ2v) is 4.29. The van der Waals surface area contributed by atoms with Gasteiger partial charge in [0.15, 0.2) is 0 Å². The molecular formula is C15H17NO3. The largest absolute Gasteiger partial charge is 0.478 e. The summed E-state index contributed by atoms with van der Waals surface area (Å²) in [6.07, 6.45) is 2.39. The lowest BCUT2D eigenvalue weighted by Crippen LogP contribution is -2.15. The molecule has 1 heterocycles. The molecule has 0 saturated carbocycles. The molecule has 0 radical (unpaired) electrons. The summed E-state index contributed by atoms with van der Waals surface area (Å²) in [5, 5.41) is 12.2. The lowest BCUT2D eigenvalue weighted by atomic mass is 10.1. The molecule has 0 unspecified atom stereocenters. The molecule has 0 aliphatic heterocycles. The predicted molar refractivity (Wildman–Crippen MR) is 72.0 cm³/mol. The number of aryl methyl sites for hydroxylation is 1. The van der Waals surface area contributed by atoms with Crippen LogP contribution in [0.5, 0.6) is 0 Å². The summed E-state index contributed by atoms with van der Waals surface area (Å²) in [7, 11) is 0. The van der Waals surface area contributed by atoms with Gasteiger partial charge in [-0.1, -0.05) is 31.2 Å². The van der Waals surface area contributed by atoms with Crippen LogP contribution in [0.2, 0.25) is 0 Å². The summed E-state index contributed by atoms with van der Waals surface area (Å²) in [5.74, 6) is -0.499. The Labute approximate surface area is 112 Å². The highest BCUT2D eigenvalue weighted by atomic mass is 16.4. The van der Waals surface area contributed by atoms with E-state index in [0.29, 0.717) is 18.8 Å². The third-order valence-electron chi connectivity index (χ3n) is 3.08. The van der Waals surface area contributed by atoms with Crippen molar-refractivity contribution in [1.82, 2.24) is 5.32 Å². The van der Waals surface area contributed by atoms with Crippen LogP contribution in [0.1, 0.15) is 34.2 Å². The number of hydrogen-bond donors (Lipinski definition) is 2. The van der Waals surface area contributed by atoms with Crippen LogP contribution in [0.4, 0.5) is 0 Å². The van der Waals surface area contributed by atoms with E-state index in [9.17, 15) is 4.79 Å². The molecule has 0 fully saturated rings. The van der Waals surface area contributed by atoms with Gasteiger partial charge in [0.2, 0.25) is 0 Å². The highest BCUT2D eigenvalue weighted by Crippen LogP contribution is 2.12. The maximum atomic E-state index is 10.9. The standard InChI is InChI=1S/C15H17NO3/c1-2-11-5-3-4-6-12(11)9-16-10-14-13(15(17)18)7-8-19-14/h3-8,16H,2,9-10H2,1H3,(H,17,18). The summed E-state index contributed by atoms with van der Waals surface area (Å²) in [5.41, 5.74) is 2.75. The van der Waals surface area contributed by atoms with E-state index in [2.05, 4.69) is 24.4 Å². The summed E-state index contributed by atoms with van der Waals surface area (Å²) < 4.78 is 5.18. The fourth-order valence-electron chi connectivity index (χ4n) is 2.05. The molecular weight excluding hydrogens is 242 g/mol. The number of furan rings is 1. The zero-order valence-corrected chi connectivity index (χ0v) is 10.8.